The summed E-state index contributed by atoms with van der Waals surface area (Å²) in [6.45, 7) is 5.75. The Kier molecular flexibility index (Phi) is 4.93. The van der Waals surface area contributed by atoms with Crippen LogP contribution < -0.4 is 5.73 Å². The van der Waals surface area contributed by atoms with Crippen LogP contribution in [0.1, 0.15) is 24.3 Å². The van der Waals surface area contributed by atoms with E-state index in [1.807, 2.05) is 12.1 Å². The van der Waals surface area contributed by atoms with Crippen molar-refractivity contribution in [3.63, 3.8) is 0 Å². The Balaban J connectivity index is 2.17. The molecule has 21 heavy (non-hydrogen) atoms. The first-order valence-electron chi connectivity index (χ1n) is 6.76. The Labute approximate surface area is 128 Å². The molecule has 0 saturated carbocycles. The predicted octanol–water partition coefficient (Wildman–Crippen LogP) is 3.65. The van der Waals surface area contributed by atoms with Crippen molar-refractivity contribution in [3.05, 3.63) is 56.3 Å². The van der Waals surface area contributed by atoms with E-state index in [1.54, 1.807) is 23.5 Å². The van der Waals surface area contributed by atoms with Crippen LogP contribution in [-0.2, 0) is 13.1 Å². The number of nitrogen functional groups attached to an aromatic ring is 1. The molecule has 0 unspecified atom stereocenters. The van der Waals surface area contributed by atoms with Gasteiger partial charge in [0, 0.05) is 30.1 Å². The van der Waals surface area contributed by atoms with E-state index in [4.69, 9.17) is 5.73 Å². The summed E-state index contributed by atoms with van der Waals surface area (Å²) in [5.41, 5.74) is 6.73. The van der Waals surface area contributed by atoms with E-state index < -0.39 is 4.92 Å². The zero-order valence-electron chi connectivity index (χ0n) is 12.2. The highest BCUT2D eigenvalue weighted by Crippen LogP contribution is 2.24. The van der Waals surface area contributed by atoms with Crippen molar-refractivity contribution in [3.8, 4) is 0 Å². The summed E-state index contributed by atoms with van der Waals surface area (Å²) in [7, 11) is 0. The number of rotatable bonds is 6. The van der Waals surface area contributed by atoms with E-state index in [1.165, 1.54) is 4.88 Å². The minimum absolute atomic E-state index is 0.0210. The van der Waals surface area contributed by atoms with Crippen LogP contribution in [0.3, 0.4) is 0 Å². The second-order valence-corrected chi connectivity index (χ2v) is 6.26. The summed E-state index contributed by atoms with van der Waals surface area (Å²) in [4.78, 5) is 14.1. The molecule has 0 bridgehead atoms. The Morgan fingerprint density at radius 3 is 2.67 bits per heavy atom. The molecule has 112 valence electrons. The largest absolute Gasteiger partial charge is 0.393 e. The minimum Gasteiger partial charge on any atom is -0.393 e. The van der Waals surface area contributed by atoms with Crippen molar-refractivity contribution in [2.75, 3.05) is 5.73 Å². The maximum Gasteiger partial charge on any atom is 0.292 e. The zero-order chi connectivity index (χ0) is 15.4. The maximum absolute atomic E-state index is 11.0. The van der Waals surface area contributed by atoms with Gasteiger partial charge in [-0.25, -0.2) is 0 Å². The average Bonchev–Trinajstić information content (AvgIpc) is 2.92. The standard InChI is InChI=1S/C15H19N3O2S/c1-11(2)17(10-13-4-3-7-21-13)9-12-5-6-14(16)15(8-12)18(19)20/h3-8,11H,9-10,16H2,1-2H3. The summed E-state index contributed by atoms with van der Waals surface area (Å²) < 4.78 is 0. The summed E-state index contributed by atoms with van der Waals surface area (Å²) in [5, 5.41) is 13.0. The van der Waals surface area contributed by atoms with E-state index in [-0.39, 0.29) is 11.4 Å². The monoisotopic (exact) mass is 305 g/mol. The van der Waals surface area contributed by atoms with Crippen molar-refractivity contribution in [2.45, 2.75) is 33.0 Å². The minimum atomic E-state index is -0.433. The number of nitro groups is 1. The van der Waals surface area contributed by atoms with Gasteiger partial charge in [0.25, 0.3) is 5.69 Å². The number of anilines is 1. The van der Waals surface area contributed by atoms with Gasteiger partial charge in [-0.2, -0.15) is 0 Å². The number of hydrogen-bond acceptors (Lipinski definition) is 5. The summed E-state index contributed by atoms with van der Waals surface area (Å²) in [5.74, 6) is 0. The average molecular weight is 305 g/mol. The highest BCUT2D eigenvalue weighted by Gasteiger charge is 2.16. The lowest BCUT2D eigenvalue weighted by molar-refractivity contribution is -0.384. The molecule has 0 aliphatic heterocycles. The van der Waals surface area contributed by atoms with Crippen LogP contribution in [0.25, 0.3) is 0 Å². The topological polar surface area (TPSA) is 72.4 Å². The third kappa shape index (κ3) is 4.03. The van der Waals surface area contributed by atoms with Gasteiger partial charge < -0.3 is 5.73 Å². The molecular weight excluding hydrogens is 286 g/mol. The maximum atomic E-state index is 11.0. The number of benzene rings is 1. The van der Waals surface area contributed by atoms with Crippen LogP contribution in [-0.4, -0.2) is 15.9 Å². The van der Waals surface area contributed by atoms with E-state index in [0.29, 0.717) is 12.6 Å². The number of hydrogen-bond donors (Lipinski definition) is 1. The molecule has 0 aliphatic rings. The first-order valence-corrected chi connectivity index (χ1v) is 7.64. The number of nitro benzene ring substituents is 1. The third-order valence-corrected chi connectivity index (χ3v) is 4.21. The molecule has 0 amide bonds. The van der Waals surface area contributed by atoms with E-state index in [0.717, 1.165) is 12.1 Å². The van der Waals surface area contributed by atoms with E-state index >= 15 is 0 Å². The number of nitrogens with two attached hydrogens (primary N) is 1. The van der Waals surface area contributed by atoms with E-state index in [9.17, 15) is 10.1 Å². The predicted molar refractivity (Wildman–Crippen MR) is 86.2 cm³/mol. The molecule has 6 heteroatoms. The molecule has 0 fully saturated rings. The molecule has 0 saturated heterocycles. The van der Waals surface area contributed by atoms with Crippen molar-refractivity contribution < 1.29 is 4.92 Å². The SMILES string of the molecule is CC(C)N(Cc1ccc(N)c([N+](=O)[O-])c1)Cc1cccs1. The molecule has 2 N–H and O–H groups in total. The zero-order valence-corrected chi connectivity index (χ0v) is 13.0. The molecule has 1 aromatic heterocycles. The second-order valence-electron chi connectivity index (χ2n) is 5.23. The Bertz CT molecular complexity index is 611. The molecule has 0 spiro atoms. The van der Waals surface area contributed by atoms with Crippen LogP contribution in [0.2, 0.25) is 0 Å². The fourth-order valence-electron chi connectivity index (χ4n) is 2.10. The molecular formula is C15H19N3O2S. The normalized spacial score (nSPS) is 11.2. The lowest BCUT2D eigenvalue weighted by Gasteiger charge is -2.26. The second kappa shape index (κ2) is 6.69. The molecule has 5 nitrogen and oxygen atoms in total. The third-order valence-electron chi connectivity index (χ3n) is 3.35. The fourth-order valence-corrected chi connectivity index (χ4v) is 2.83. The Morgan fingerprint density at radius 2 is 2.10 bits per heavy atom. The number of nitrogens with zero attached hydrogens (tertiary/aromatic N) is 2. The molecule has 0 radical (unpaired) electrons. The van der Waals surface area contributed by atoms with Crippen LogP contribution >= 0.6 is 11.3 Å². The summed E-state index contributed by atoms with van der Waals surface area (Å²) >= 11 is 1.72. The van der Waals surface area contributed by atoms with Gasteiger partial charge in [0.05, 0.1) is 4.92 Å². The van der Waals surface area contributed by atoms with Crippen molar-refractivity contribution in [2.24, 2.45) is 0 Å². The van der Waals surface area contributed by atoms with Crippen LogP contribution in [0.4, 0.5) is 11.4 Å². The lowest BCUT2D eigenvalue weighted by atomic mass is 10.1. The Hall–Kier alpha value is -1.92. The first kappa shape index (κ1) is 15.5. The van der Waals surface area contributed by atoms with Crippen molar-refractivity contribution in [1.82, 2.24) is 4.90 Å². The van der Waals surface area contributed by atoms with Gasteiger partial charge >= 0.3 is 0 Å². The van der Waals surface area contributed by atoms with Crippen molar-refractivity contribution in [1.29, 1.82) is 0 Å². The van der Waals surface area contributed by atoms with Crippen molar-refractivity contribution >= 4 is 22.7 Å². The van der Waals surface area contributed by atoms with Crippen LogP contribution in [0.5, 0.6) is 0 Å². The first-order chi connectivity index (χ1) is 9.97. The van der Waals surface area contributed by atoms with Gasteiger partial charge in [-0.15, -0.1) is 11.3 Å². The van der Waals surface area contributed by atoms with Gasteiger partial charge in [-0.1, -0.05) is 12.1 Å². The smallest absolute Gasteiger partial charge is 0.292 e. The molecule has 2 rings (SSSR count). The van der Waals surface area contributed by atoms with Gasteiger partial charge in [0.15, 0.2) is 0 Å². The molecule has 0 atom stereocenters. The van der Waals surface area contributed by atoms with Gasteiger partial charge in [0.1, 0.15) is 5.69 Å². The molecule has 1 heterocycles. The molecule has 2 aromatic rings. The quantitative estimate of drug-likeness (QED) is 0.502. The number of thiophene rings is 1. The summed E-state index contributed by atoms with van der Waals surface area (Å²) in [6, 6.07) is 9.52. The highest BCUT2D eigenvalue weighted by molar-refractivity contribution is 7.09. The highest BCUT2D eigenvalue weighted by atomic mass is 32.1. The summed E-state index contributed by atoms with van der Waals surface area (Å²) in [6.07, 6.45) is 0. The fraction of sp³-hybridized carbons (Fsp3) is 0.333. The van der Waals surface area contributed by atoms with E-state index in [2.05, 4.69) is 30.2 Å². The molecule has 1 aromatic carbocycles. The van der Waals surface area contributed by atoms with Gasteiger partial charge in [-0.05, 0) is 36.9 Å². The Morgan fingerprint density at radius 1 is 1.33 bits per heavy atom. The van der Waals surface area contributed by atoms with Gasteiger partial charge in [0.2, 0.25) is 0 Å². The van der Waals surface area contributed by atoms with Gasteiger partial charge in [-0.3, -0.25) is 15.0 Å². The lowest BCUT2D eigenvalue weighted by Crippen LogP contribution is -2.29. The van der Waals surface area contributed by atoms with Crippen LogP contribution in [0.15, 0.2) is 35.7 Å². The molecule has 0 aliphatic carbocycles. The van der Waals surface area contributed by atoms with Crippen LogP contribution in [0, 0.1) is 10.1 Å².